The van der Waals surface area contributed by atoms with Gasteiger partial charge in [-0.3, -0.25) is 9.59 Å². The Labute approximate surface area is 253 Å². The molecular weight excluding hydrogens is 546 g/mol. The first-order valence-corrected chi connectivity index (χ1v) is 15.0. The summed E-state index contributed by atoms with van der Waals surface area (Å²) < 4.78 is 6.16. The number of amides is 1. The SMILES string of the molecule is C=CC(=O)N1CCN(c2nc(OCC3CCCN3C)nc3c2CC[C@@H](CN(C)c2cccc(C)c2O)C3=O)CC1CC#N. The van der Waals surface area contributed by atoms with E-state index in [4.69, 9.17) is 9.72 Å². The van der Waals surface area contributed by atoms with Gasteiger partial charge in [0, 0.05) is 50.7 Å². The maximum atomic E-state index is 14.0. The summed E-state index contributed by atoms with van der Waals surface area (Å²) in [6.07, 6.45) is 4.82. The fourth-order valence-corrected chi connectivity index (χ4v) is 6.51. The molecule has 1 aliphatic carbocycles. The van der Waals surface area contributed by atoms with Crippen LogP contribution in [0.5, 0.6) is 11.8 Å². The number of carbonyl (C=O) groups excluding carboxylic acids is 2. The number of nitrogens with zero attached hydrogens (tertiary/aromatic N) is 7. The van der Waals surface area contributed by atoms with Crippen LogP contribution in [0.3, 0.4) is 0 Å². The van der Waals surface area contributed by atoms with Gasteiger partial charge in [0.2, 0.25) is 5.91 Å². The molecule has 0 radical (unpaired) electrons. The van der Waals surface area contributed by atoms with Crippen LogP contribution >= 0.6 is 0 Å². The Morgan fingerprint density at radius 2 is 2.07 bits per heavy atom. The third-order valence-electron chi connectivity index (χ3n) is 9.08. The van der Waals surface area contributed by atoms with Crippen molar-refractivity contribution in [3.63, 3.8) is 0 Å². The largest absolute Gasteiger partial charge is 0.505 e. The van der Waals surface area contributed by atoms with Gasteiger partial charge >= 0.3 is 6.01 Å². The average Bonchev–Trinajstić information content (AvgIpc) is 3.42. The van der Waals surface area contributed by atoms with Crippen LogP contribution in [0.1, 0.15) is 47.3 Å². The Bertz CT molecular complexity index is 1420. The standard InChI is InChI=1S/C32H41N7O4/c1-5-27(40)39-17-16-38(19-23(39)13-14-33)31-25-12-11-22(18-37(4)26-10-6-8-21(2)29(26)41)30(42)28(25)34-32(35-31)43-20-24-9-7-15-36(24)3/h5-6,8,10,22-24,41H,1,7,9,11-13,15-20H2,2-4H3/t22-,23?,24?/m0/s1. The van der Waals surface area contributed by atoms with E-state index in [0.29, 0.717) is 62.8 Å². The Balaban J connectivity index is 1.44. The number of benzene rings is 1. The Kier molecular flexibility index (Phi) is 9.16. The van der Waals surface area contributed by atoms with Crippen LogP contribution in [-0.4, -0.2) is 102 Å². The molecule has 228 valence electrons. The molecule has 2 unspecified atom stereocenters. The molecule has 1 aromatic heterocycles. The van der Waals surface area contributed by atoms with Gasteiger partial charge in [0.1, 0.15) is 23.9 Å². The second-order valence-electron chi connectivity index (χ2n) is 11.9. The van der Waals surface area contributed by atoms with Crippen molar-refractivity contribution in [1.82, 2.24) is 19.8 Å². The molecule has 0 bridgehead atoms. The minimum atomic E-state index is -0.325. The van der Waals surface area contributed by atoms with E-state index in [1.54, 1.807) is 4.90 Å². The summed E-state index contributed by atoms with van der Waals surface area (Å²) >= 11 is 0. The lowest BCUT2D eigenvalue weighted by molar-refractivity contribution is -0.128. The number of likely N-dealkylation sites (tertiary alicyclic amines) is 1. The van der Waals surface area contributed by atoms with Crippen LogP contribution in [-0.2, 0) is 11.2 Å². The molecule has 3 aliphatic rings. The van der Waals surface area contributed by atoms with Crippen molar-refractivity contribution >= 4 is 23.2 Å². The van der Waals surface area contributed by atoms with E-state index in [9.17, 15) is 20.0 Å². The number of aromatic nitrogens is 2. The number of carbonyl (C=O) groups is 2. The number of phenolic OH excluding ortho intramolecular Hbond substituents is 1. The number of rotatable bonds is 9. The zero-order chi connectivity index (χ0) is 30.7. The molecule has 43 heavy (non-hydrogen) atoms. The van der Waals surface area contributed by atoms with Gasteiger partial charge in [-0.25, -0.2) is 0 Å². The van der Waals surface area contributed by atoms with Crippen LogP contribution in [0.2, 0.25) is 0 Å². The van der Waals surface area contributed by atoms with Crippen LogP contribution in [0.4, 0.5) is 11.5 Å². The minimum absolute atomic E-state index is 0.0687. The number of nitriles is 1. The number of anilines is 2. The Morgan fingerprint density at radius 3 is 2.79 bits per heavy atom. The fraction of sp³-hybridized carbons (Fsp3) is 0.531. The van der Waals surface area contributed by atoms with Crippen molar-refractivity contribution in [2.75, 3.05) is 63.2 Å². The number of hydrogen-bond donors (Lipinski definition) is 1. The van der Waals surface area contributed by atoms with E-state index in [2.05, 4.69) is 34.5 Å². The lowest BCUT2D eigenvalue weighted by atomic mass is 9.85. The molecule has 11 heteroatoms. The molecule has 2 aliphatic heterocycles. The van der Waals surface area contributed by atoms with Crippen molar-refractivity contribution in [3.05, 3.63) is 47.7 Å². The molecular formula is C32H41N7O4. The summed E-state index contributed by atoms with van der Waals surface area (Å²) in [6, 6.07) is 7.92. The lowest BCUT2D eigenvalue weighted by Crippen LogP contribution is -2.55. The number of aromatic hydroxyl groups is 1. The van der Waals surface area contributed by atoms with Gasteiger partial charge in [-0.1, -0.05) is 18.7 Å². The lowest BCUT2D eigenvalue weighted by Gasteiger charge is -2.41. The molecule has 2 fully saturated rings. The number of ketones is 1. The normalized spacial score (nSPS) is 22.2. The van der Waals surface area contributed by atoms with Gasteiger partial charge in [0.25, 0.3) is 0 Å². The molecule has 2 saturated heterocycles. The van der Waals surface area contributed by atoms with Crippen molar-refractivity contribution < 1.29 is 19.4 Å². The maximum Gasteiger partial charge on any atom is 0.319 e. The quantitative estimate of drug-likeness (QED) is 0.438. The highest BCUT2D eigenvalue weighted by molar-refractivity contribution is 6.00. The average molecular weight is 588 g/mol. The first-order chi connectivity index (χ1) is 20.7. The summed E-state index contributed by atoms with van der Waals surface area (Å²) in [5, 5.41) is 20.1. The molecule has 0 spiro atoms. The molecule has 3 atom stereocenters. The number of hydrogen-bond acceptors (Lipinski definition) is 10. The molecule has 11 nitrogen and oxygen atoms in total. The second-order valence-corrected chi connectivity index (χ2v) is 11.9. The second kappa shape index (κ2) is 13.0. The van der Waals surface area contributed by atoms with Gasteiger partial charge in [0.15, 0.2) is 5.78 Å². The van der Waals surface area contributed by atoms with Gasteiger partial charge in [0.05, 0.1) is 24.2 Å². The third-order valence-corrected chi connectivity index (χ3v) is 9.08. The predicted octanol–water partition coefficient (Wildman–Crippen LogP) is 2.96. The fourth-order valence-electron chi connectivity index (χ4n) is 6.51. The van der Waals surface area contributed by atoms with Crippen LogP contribution in [0.25, 0.3) is 0 Å². The van der Waals surface area contributed by atoms with E-state index in [1.165, 1.54) is 6.08 Å². The van der Waals surface area contributed by atoms with Crippen molar-refractivity contribution in [2.24, 2.45) is 5.92 Å². The predicted molar refractivity (Wildman–Crippen MR) is 164 cm³/mol. The number of piperazine rings is 1. The summed E-state index contributed by atoms with van der Waals surface area (Å²) in [7, 11) is 3.96. The van der Waals surface area contributed by atoms with Gasteiger partial charge in [-0.05, 0) is 63.9 Å². The first-order valence-electron chi connectivity index (χ1n) is 15.0. The number of fused-ring (bicyclic) bond motifs is 1. The van der Waals surface area contributed by atoms with E-state index in [1.807, 2.05) is 37.1 Å². The van der Waals surface area contributed by atoms with Crippen LogP contribution in [0, 0.1) is 24.2 Å². The maximum absolute atomic E-state index is 14.0. The number of likely N-dealkylation sites (N-methyl/N-ethyl adjacent to an activating group) is 1. The van der Waals surface area contributed by atoms with E-state index < -0.39 is 0 Å². The van der Waals surface area contributed by atoms with Gasteiger partial charge in [-0.2, -0.15) is 15.2 Å². The van der Waals surface area contributed by atoms with E-state index >= 15 is 0 Å². The number of ether oxygens (including phenoxy) is 1. The molecule has 0 saturated carbocycles. The monoisotopic (exact) mass is 587 g/mol. The first kappa shape index (κ1) is 30.3. The molecule has 5 rings (SSSR count). The topological polar surface area (TPSA) is 126 Å². The molecule has 2 aromatic rings. The summed E-state index contributed by atoms with van der Waals surface area (Å²) in [5.74, 6) is 0.274. The number of Topliss-reactive ketones (excluding diaryl/α,β-unsaturated/α-hetero) is 1. The Morgan fingerprint density at radius 1 is 1.26 bits per heavy atom. The highest BCUT2D eigenvalue weighted by Crippen LogP contribution is 2.36. The summed E-state index contributed by atoms with van der Waals surface area (Å²) in [5.41, 5.74) is 2.62. The Hall–Kier alpha value is -4.17. The third kappa shape index (κ3) is 6.30. The van der Waals surface area contributed by atoms with Gasteiger partial charge < -0.3 is 29.4 Å². The number of aryl methyl sites for hydroxylation is 1. The molecule has 1 N–H and O–H groups in total. The zero-order valence-electron chi connectivity index (χ0n) is 25.3. The summed E-state index contributed by atoms with van der Waals surface area (Å²) in [6.45, 7) is 8.68. The molecule has 1 amide bonds. The van der Waals surface area contributed by atoms with Crippen molar-refractivity contribution in [2.45, 2.75) is 51.1 Å². The smallest absolute Gasteiger partial charge is 0.319 e. The number of phenols is 1. The molecule has 3 heterocycles. The highest BCUT2D eigenvalue weighted by atomic mass is 16.5. The summed E-state index contributed by atoms with van der Waals surface area (Å²) in [4.78, 5) is 44.0. The molecule has 1 aromatic carbocycles. The minimum Gasteiger partial charge on any atom is -0.505 e. The van der Waals surface area contributed by atoms with Crippen LogP contribution < -0.4 is 14.5 Å². The van der Waals surface area contributed by atoms with Crippen molar-refractivity contribution in [1.29, 1.82) is 5.26 Å². The van der Waals surface area contributed by atoms with Crippen molar-refractivity contribution in [3.8, 4) is 17.8 Å². The number of para-hydroxylation sites is 1. The van der Waals surface area contributed by atoms with E-state index in [0.717, 1.165) is 30.5 Å². The van der Waals surface area contributed by atoms with E-state index in [-0.39, 0.29) is 47.9 Å². The zero-order valence-corrected chi connectivity index (χ0v) is 25.3. The van der Waals surface area contributed by atoms with Crippen LogP contribution in [0.15, 0.2) is 30.9 Å². The van der Waals surface area contributed by atoms with Gasteiger partial charge in [-0.15, -0.1) is 0 Å². The highest BCUT2D eigenvalue weighted by Gasteiger charge is 2.37.